The van der Waals surface area contributed by atoms with E-state index in [1.807, 2.05) is 6.92 Å². The van der Waals surface area contributed by atoms with E-state index in [-0.39, 0.29) is 5.92 Å². The lowest BCUT2D eigenvalue weighted by molar-refractivity contribution is 0.710. The van der Waals surface area contributed by atoms with E-state index in [1.54, 1.807) is 0 Å². The van der Waals surface area contributed by atoms with Gasteiger partial charge < -0.3 is 0 Å². The Hall–Kier alpha value is 0.577. The maximum absolute atomic E-state index is 8.37. The summed E-state index contributed by atoms with van der Waals surface area (Å²) in [6.07, 6.45) is 0.694. The molecule has 0 aromatic carbocycles. The monoisotopic (exact) mass is 215 g/mol. The molecule has 1 atom stereocenters. The molecule has 1 nitrogen and oxygen atoms in total. The van der Waals surface area contributed by atoms with Gasteiger partial charge in [0.05, 0.1) is 6.07 Å². The minimum atomic E-state index is -2.47. The molecule has 0 spiro atoms. The predicted molar refractivity (Wildman–Crippen MR) is 47.5 cm³/mol. The number of nitriles is 1. The van der Waals surface area contributed by atoms with Crippen LogP contribution in [-0.4, -0.2) is 6.00 Å². The summed E-state index contributed by atoms with van der Waals surface area (Å²) < 4.78 is 0. The first kappa shape index (κ1) is 10.6. The molecule has 0 aromatic rings. The van der Waals surface area contributed by atoms with E-state index >= 15 is 0 Å². The van der Waals surface area contributed by atoms with E-state index in [0.717, 1.165) is 0 Å². The van der Waals surface area contributed by atoms with Crippen LogP contribution in [0.1, 0.15) is 13.3 Å². The molecule has 0 amide bonds. The molecule has 0 aliphatic heterocycles. The van der Waals surface area contributed by atoms with Gasteiger partial charge in [-0.3, -0.25) is 0 Å². The standard InChI is InChI=1S/C5H8Cl3NSi/c1-5(4-9)2-3-10(6,7)8/h5H,2-3H2,1H3. The Morgan fingerprint density at radius 3 is 2.30 bits per heavy atom. The fraction of sp³-hybridized carbons (Fsp3) is 0.800. The average molecular weight is 217 g/mol. The van der Waals surface area contributed by atoms with E-state index in [2.05, 4.69) is 6.07 Å². The summed E-state index contributed by atoms with van der Waals surface area (Å²) >= 11 is 16.8. The van der Waals surface area contributed by atoms with Gasteiger partial charge in [0.25, 0.3) is 0 Å². The summed E-state index contributed by atoms with van der Waals surface area (Å²) in [6, 6.07) is 0.189. The Labute approximate surface area is 76.0 Å². The van der Waals surface area contributed by atoms with Crippen molar-refractivity contribution in [2.24, 2.45) is 5.92 Å². The zero-order valence-corrected chi connectivity index (χ0v) is 8.84. The summed E-state index contributed by atoms with van der Waals surface area (Å²) in [7, 11) is 0. The smallest absolute Gasteiger partial charge is 0.198 e. The maximum Gasteiger partial charge on any atom is 0.341 e. The van der Waals surface area contributed by atoms with Crippen LogP contribution in [-0.2, 0) is 0 Å². The molecule has 0 saturated heterocycles. The van der Waals surface area contributed by atoms with Crippen molar-refractivity contribution in [3.8, 4) is 6.07 Å². The van der Waals surface area contributed by atoms with Gasteiger partial charge in [-0.25, -0.2) is 0 Å². The van der Waals surface area contributed by atoms with Crippen molar-refractivity contribution in [2.45, 2.75) is 19.4 Å². The first-order chi connectivity index (χ1) is 4.45. The molecule has 10 heavy (non-hydrogen) atoms. The van der Waals surface area contributed by atoms with Crippen LogP contribution in [0.4, 0.5) is 0 Å². The van der Waals surface area contributed by atoms with Gasteiger partial charge in [-0.2, -0.15) is 5.26 Å². The van der Waals surface area contributed by atoms with Gasteiger partial charge in [0, 0.05) is 5.92 Å². The molecule has 0 bridgehead atoms. The number of hydrogen-bond donors (Lipinski definition) is 0. The Morgan fingerprint density at radius 2 is 2.00 bits per heavy atom. The zero-order valence-electron chi connectivity index (χ0n) is 5.57. The predicted octanol–water partition coefficient (Wildman–Crippen LogP) is 3.19. The second-order valence-electron chi connectivity index (χ2n) is 2.18. The van der Waals surface area contributed by atoms with Crippen molar-refractivity contribution in [1.29, 1.82) is 5.26 Å². The Morgan fingerprint density at radius 1 is 1.50 bits per heavy atom. The summed E-state index contributed by atoms with van der Waals surface area (Å²) in [6.45, 7) is 1.82. The molecule has 0 aliphatic rings. The van der Waals surface area contributed by atoms with Gasteiger partial charge in [-0.1, -0.05) is 0 Å². The molecule has 0 aromatic heterocycles. The van der Waals surface area contributed by atoms with Gasteiger partial charge in [-0.15, -0.1) is 33.2 Å². The van der Waals surface area contributed by atoms with Crippen LogP contribution in [0.15, 0.2) is 0 Å². The SMILES string of the molecule is CC(C#N)CC[Si](Cl)(Cl)Cl. The highest BCUT2D eigenvalue weighted by Crippen LogP contribution is 2.27. The van der Waals surface area contributed by atoms with Crippen LogP contribution >= 0.6 is 33.2 Å². The maximum atomic E-state index is 8.37. The van der Waals surface area contributed by atoms with Crippen LogP contribution in [0.25, 0.3) is 0 Å². The van der Waals surface area contributed by atoms with Gasteiger partial charge >= 0.3 is 6.00 Å². The van der Waals surface area contributed by atoms with Gasteiger partial charge in [-0.05, 0) is 19.4 Å². The van der Waals surface area contributed by atoms with E-state index < -0.39 is 6.00 Å². The molecule has 0 N–H and O–H groups in total. The molecule has 0 fully saturated rings. The highest BCUT2D eigenvalue weighted by Gasteiger charge is 2.24. The summed E-state index contributed by atoms with van der Waals surface area (Å²) in [4.78, 5) is 0. The molecular weight excluding hydrogens is 209 g/mol. The second-order valence-corrected chi connectivity index (χ2v) is 11.5. The lowest BCUT2D eigenvalue weighted by atomic mass is 10.1. The largest absolute Gasteiger partial charge is 0.341 e. The highest BCUT2D eigenvalue weighted by molar-refractivity contribution is 7.64. The quantitative estimate of drug-likeness (QED) is 0.525. The Balaban J connectivity index is 3.48. The normalized spacial score (nSPS) is 14.3. The lowest BCUT2D eigenvalue weighted by Crippen LogP contribution is -2.09. The van der Waals surface area contributed by atoms with Crippen molar-refractivity contribution >= 4 is 39.2 Å². The number of rotatable bonds is 3. The topological polar surface area (TPSA) is 23.8 Å². The summed E-state index contributed by atoms with van der Waals surface area (Å²) in [5.74, 6) is 0.00289. The van der Waals surface area contributed by atoms with Crippen LogP contribution in [0.5, 0.6) is 0 Å². The van der Waals surface area contributed by atoms with Crippen LogP contribution in [0, 0.1) is 17.2 Å². The van der Waals surface area contributed by atoms with Crippen molar-refractivity contribution in [1.82, 2.24) is 0 Å². The van der Waals surface area contributed by atoms with Gasteiger partial charge in [0.15, 0.2) is 0 Å². The zero-order chi connectivity index (χ0) is 8.20. The fourth-order valence-corrected chi connectivity index (χ4v) is 2.19. The second kappa shape index (κ2) is 4.45. The van der Waals surface area contributed by atoms with Gasteiger partial charge in [0.2, 0.25) is 0 Å². The van der Waals surface area contributed by atoms with Crippen molar-refractivity contribution in [2.75, 3.05) is 0 Å². The molecule has 0 aliphatic carbocycles. The number of hydrogen-bond acceptors (Lipinski definition) is 1. The highest BCUT2D eigenvalue weighted by atomic mass is 35.8. The minimum Gasteiger partial charge on any atom is -0.198 e. The van der Waals surface area contributed by atoms with Crippen LogP contribution < -0.4 is 0 Å². The van der Waals surface area contributed by atoms with E-state index in [1.165, 1.54) is 0 Å². The summed E-state index contributed by atoms with van der Waals surface area (Å²) in [5.41, 5.74) is 0. The van der Waals surface area contributed by atoms with Crippen molar-refractivity contribution < 1.29 is 0 Å². The average Bonchev–Trinajstić information content (AvgIpc) is 1.81. The minimum absolute atomic E-state index is 0.00289. The number of nitrogens with zero attached hydrogens (tertiary/aromatic N) is 1. The van der Waals surface area contributed by atoms with Crippen molar-refractivity contribution in [3.05, 3.63) is 0 Å². The summed E-state index contributed by atoms with van der Waals surface area (Å²) in [5, 5.41) is 8.37. The van der Waals surface area contributed by atoms with Crippen LogP contribution in [0.2, 0.25) is 6.04 Å². The van der Waals surface area contributed by atoms with Crippen molar-refractivity contribution in [3.63, 3.8) is 0 Å². The molecule has 0 radical (unpaired) electrons. The van der Waals surface area contributed by atoms with Gasteiger partial charge in [0.1, 0.15) is 0 Å². The third kappa shape index (κ3) is 6.69. The van der Waals surface area contributed by atoms with E-state index in [9.17, 15) is 0 Å². The first-order valence-electron chi connectivity index (χ1n) is 2.92. The lowest BCUT2D eigenvalue weighted by Gasteiger charge is -2.07. The van der Waals surface area contributed by atoms with E-state index in [4.69, 9.17) is 38.5 Å². The third-order valence-electron chi connectivity index (χ3n) is 1.08. The third-order valence-corrected chi connectivity index (χ3v) is 3.64. The first-order valence-corrected chi connectivity index (χ1v) is 8.16. The molecule has 0 saturated carbocycles. The Kier molecular flexibility index (Phi) is 4.71. The molecule has 58 valence electrons. The van der Waals surface area contributed by atoms with E-state index in [0.29, 0.717) is 12.5 Å². The molecule has 0 heterocycles. The molecule has 5 heteroatoms. The molecular formula is C5H8Cl3NSi. The fourth-order valence-electron chi connectivity index (χ4n) is 0.445. The van der Waals surface area contributed by atoms with Crippen LogP contribution in [0.3, 0.4) is 0 Å². The molecule has 1 unspecified atom stereocenters. The Bertz CT molecular complexity index is 137. The molecule has 0 rings (SSSR count). The number of halogens is 3.